The van der Waals surface area contributed by atoms with Crippen molar-refractivity contribution in [3.8, 4) is 0 Å². The van der Waals surface area contributed by atoms with Gasteiger partial charge in [-0.3, -0.25) is 0 Å². The van der Waals surface area contributed by atoms with E-state index in [1.165, 1.54) is 7.05 Å². The first-order chi connectivity index (χ1) is 7.94. The van der Waals surface area contributed by atoms with Crippen LogP contribution in [0, 0.1) is 0 Å². The molecule has 7 heteroatoms. The summed E-state index contributed by atoms with van der Waals surface area (Å²) in [7, 11) is -1.77. The van der Waals surface area contributed by atoms with Crippen molar-refractivity contribution >= 4 is 15.8 Å². The minimum Gasteiger partial charge on any atom is -0.369 e. The second-order valence-corrected chi connectivity index (χ2v) is 5.95. The van der Waals surface area contributed by atoms with Crippen molar-refractivity contribution in [1.29, 1.82) is 0 Å². The Morgan fingerprint density at radius 3 is 2.71 bits per heavy atom. The molecular weight excluding hydrogens is 240 g/mol. The van der Waals surface area contributed by atoms with Crippen molar-refractivity contribution in [3.05, 3.63) is 18.1 Å². The van der Waals surface area contributed by atoms with Crippen LogP contribution in [0.1, 0.15) is 25.6 Å². The van der Waals surface area contributed by atoms with E-state index < -0.39 is 10.0 Å². The number of rotatable bonds is 6. The highest BCUT2D eigenvalue weighted by molar-refractivity contribution is 7.89. The lowest BCUT2D eigenvalue weighted by Gasteiger charge is -2.08. The smallest absolute Gasteiger partial charge is 0.213 e. The highest BCUT2D eigenvalue weighted by Gasteiger charge is 2.07. The number of nitrogens with zero attached hydrogens (tertiary/aromatic N) is 2. The van der Waals surface area contributed by atoms with Crippen molar-refractivity contribution in [2.75, 3.05) is 24.7 Å². The van der Waals surface area contributed by atoms with E-state index >= 15 is 0 Å². The number of anilines is 1. The van der Waals surface area contributed by atoms with Gasteiger partial charge in [0.2, 0.25) is 10.0 Å². The first-order valence-corrected chi connectivity index (χ1v) is 7.08. The van der Waals surface area contributed by atoms with Crippen LogP contribution >= 0.6 is 0 Å². The molecule has 0 unspecified atom stereocenters. The Kier molecular flexibility index (Phi) is 4.83. The van der Waals surface area contributed by atoms with Gasteiger partial charge < -0.3 is 5.32 Å². The third kappa shape index (κ3) is 4.66. The summed E-state index contributed by atoms with van der Waals surface area (Å²) in [5.41, 5.74) is 0. The zero-order valence-electron chi connectivity index (χ0n) is 10.3. The van der Waals surface area contributed by atoms with Crippen LogP contribution < -0.4 is 10.0 Å². The quantitative estimate of drug-likeness (QED) is 0.779. The Labute approximate surface area is 102 Å². The summed E-state index contributed by atoms with van der Waals surface area (Å²) >= 11 is 0. The van der Waals surface area contributed by atoms with Crippen LogP contribution in [0.15, 0.2) is 12.3 Å². The molecule has 1 rings (SSSR count). The average molecular weight is 258 g/mol. The van der Waals surface area contributed by atoms with Crippen LogP contribution in [0.3, 0.4) is 0 Å². The van der Waals surface area contributed by atoms with Crippen LogP contribution in [-0.4, -0.2) is 37.7 Å². The second-order valence-electron chi connectivity index (χ2n) is 3.90. The Morgan fingerprint density at radius 1 is 1.41 bits per heavy atom. The van der Waals surface area contributed by atoms with E-state index in [-0.39, 0.29) is 11.7 Å². The number of hydrogen-bond donors (Lipinski definition) is 2. The molecule has 0 spiro atoms. The fraction of sp³-hybridized carbons (Fsp3) is 0.600. The molecule has 0 aliphatic rings. The fourth-order valence-electron chi connectivity index (χ4n) is 1.17. The predicted molar refractivity (Wildman–Crippen MR) is 67.5 cm³/mol. The molecule has 17 heavy (non-hydrogen) atoms. The maximum absolute atomic E-state index is 11.2. The maximum Gasteiger partial charge on any atom is 0.213 e. The van der Waals surface area contributed by atoms with Crippen LogP contribution in [0.25, 0.3) is 0 Å². The van der Waals surface area contributed by atoms with Gasteiger partial charge in [-0.15, -0.1) is 0 Å². The van der Waals surface area contributed by atoms with Gasteiger partial charge in [-0.25, -0.2) is 23.1 Å². The largest absolute Gasteiger partial charge is 0.369 e. The number of nitrogens with one attached hydrogen (secondary N) is 2. The molecule has 2 N–H and O–H groups in total. The molecule has 0 fully saturated rings. The van der Waals surface area contributed by atoms with Crippen LogP contribution in [0.2, 0.25) is 0 Å². The number of aromatic nitrogens is 2. The van der Waals surface area contributed by atoms with Gasteiger partial charge in [0.1, 0.15) is 11.6 Å². The third-order valence-corrected chi connectivity index (χ3v) is 3.54. The van der Waals surface area contributed by atoms with Gasteiger partial charge in [0.05, 0.1) is 5.75 Å². The lowest BCUT2D eigenvalue weighted by Crippen LogP contribution is -2.26. The Balaban J connectivity index is 2.55. The second kappa shape index (κ2) is 5.92. The molecule has 96 valence electrons. The molecule has 0 saturated carbocycles. The summed E-state index contributed by atoms with van der Waals surface area (Å²) < 4.78 is 24.6. The normalized spacial score (nSPS) is 11.8. The van der Waals surface area contributed by atoms with E-state index in [1.54, 1.807) is 12.3 Å². The van der Waals surface area contributed by atoms with Crippen molar-refractivity contribution < 1.29 is 8.42 Å². The van der Waals surface area contributed by atoms with Crippen molar-refractivity contribution in [3.63, 3.8) is 0 Å². The van der Waals surface area contributed by atoms with Crippen LogP contribution in [-0.2, 0) is 10.0 Å². The average Bonchev–Trinajstić information content (AvgIpc) is 2.29. The summed E-state index contributed by atoms with van der Waals surface area (Å²) in [5.74, 6) is 1.66. The minimum atomic E-state index is -3.17. The van der Waals surface area contributed by atoms with Gasteiger partial charge in [0.15, 0.2) is 0 Å². The van der Waals surface area contributed by atoms with E-state index in [9.17, 15) is 8.42 Å². The highest BCUT2D eigenvalue weighted by Crippen LogP contribution is 2.10. The molecule has 1 aromatic rings. The first-order valence-electron chi connectivity index (χ1n) is 5.42. The predicted octanol–water partition coefficient (Wildman–Crippen LogP) is 0.561. The SMILES string of the molecule is CNS(=O)(=O)CCNc1ccnc(C(C)C)n1. The van der Waals surface area contributed by atoms with E-state index in [1.807, 2.05) is 13.8 Å². The van der Waals surface area contributed by atoms with Gasteiger partial charge >= 0.3 is 0 Å². The lowest BCUT2D eigenvalue weighted by molar-refractivity contribution is 0.588. The Bertz CT molecular complexity index is 459. The molecule has 0 aromatic carbocycles. The molecule has 1 heterocycles. The standard InChI is InChI=1S/C10H18N4O2S/c1-8(2)10-13-5-4-9(14-10)12-6-7-17(15,16)11-3/h4-5,8,11H,6-7H2,1-3H3,(H,12,13,14). The van der Waals surface area contributed by atoms with Gasteiger partial charge in [-0.1, -0.05) is 13.8 Å². The molecule has 0 amide bonds. The number of sulfonamides is 1. The Hall–Kier alpha value is -1.21. The summed E-state index contributed by atoms with van der Waals surface area (Å²) in [6.07, 6.45) is 1.66. The van der Waals surface area contributed by atoms with E-state index in [0.29, 0.717) is 12.4 Å². The molecule has 6 nitrogen and oxygen atoms in total. The molecule has 0 radical (unpaired) electrons. The molecule has 0 bridgehead atoms. The fourth-order valence-corrected chi connectivity index (χ4v) is 1.74. The molecule has 0 atom stereocenters. The van der Waals surface area contributed by atoms with Crippen molar-refractivity contribution in [2.45, 2.75) is 19.8 Å². The zero-order valence-corrected chi connectivity index (χ0v) is 11.1. The Morgan fingerprint density at radius 2 is 2.12 bits per heavy atom. The van der Waals surface area contributed by atoms with Gasteiger partial charge in [0.25, 0.3) is 0 Å². The van der Waals surface area contributed by atoms with E-state index in [2.05, 4.69) is 20.0 Å². The van der Waals surface area contributed by atoms with Crippen LogP contribution in [0.5, 0.6) is 0 Å². The van der Waals surface area contributed by atoms with Crippen molar-refractivity contribution in [1.82, 2.24) is 14.7 Å². The van der Waals surface area contributed by atoms with Crippen molar-refractivity contribution in [2.24, 2.45) is 0 Å². The summed E-state index contributed by atoms with van der Waals surface area (Å²) in [6, 6.07) is 1.72. The van der Waals surface area contributed by atoms with Gasteiger partial charge in [-0.05, 0) is 13.1 Å². The highest BCUT2D eigenvalue weighted by atomic mass is 32.2. The zero-order chi connectivity index (χ0) is 12.9. The monoisotopic (exact) mass is 258 g/mol. The molecule has 1 aromatic heterocycles. The minimum absolute atomic E-state index is 0.0184. The lowest BCUT2D eigenvalue weighted by atomic mass is 10.2. The summed E-state index contributed by atoms with van der Waals surface area (Å²) in [4.78, 5) is 8.41. The first kappa shape index (κ1) is 13.9. The molecule has 0 aliphatic carbocycles. The molecule has 0 saturated heterocycles. The van der Waals surface area contributed by atoms with E-state index in [4.69, 9.17) is 0 Å². The van der Waals surface area contributed by atoms with Gasteiger partial charge in [0, 0.05) is 18.7 Å². The van der Waals surface area contributed by atoms with Gasteiger partial charge in [-0.2, -0.15) is 0 Å². The third-order valence-electron chi connectivity index (χ3n) is 2.18. The van der Waals surface area contributed by atoms with E-state index in [0.717, 1.165) is 5.82 Å². The topological polar surface area (TPSA) is 84.0 Å². The number of hydrogen-bond acceptors (Lipinski definition) is 5. The summed E-state index contributed by atoms with van der Waals surface area (Å²) in [6.45, 7) is 4.33. The molecule has 0 aliphatic heterocycles. The maximum atomic E-state index is 11.2. The van der Waals surface area contributed by atoms with Crippen LogP contribution in [0.4, 0.5) is 5.82 Å². The summed E-state index contributed by atoms with van der Waals surface area (Å²) in [5, 5.41) is 2.96. The molecular formula is C10H18N4O2S.